The molecule has 0 aliphatic carbocycles. The number of aromatic carboxylic acids is 1. The Labute approximate surface area is 114 Å². The third kappa shape index (κ3) is 2.55. The molecule has 6 heteroatoms. The van der Waals surface area contributed by atoms with Gasteiger partial charge in [0.1, 0.15) is 11.4 Å². The molecule has 20 heavy (non-hydrogen) atoms. The van der Waals surface area contributed by atoms with Crippen LogP contribution in [0.2, 0.25) is 0 Å². The number of pyridine rings is 1. The highest BCUT2D eigenvalue weighted by atomic mass is 19.1. The number of rotatable bonds is 4. The molecule has 0 bridgehead atoms. The van der Waals surface area contributed by atoms with Crippen molar-refractivity contribution in [3.05, 3.63) is 46.0 Å². The molecule has 0 unspecified atom stereocenters. The summed E-state index contributed by atoms with van der Waals surface area (Å²) in [7, 11) is 3.72. The number of carboxylic acids is 1. The molecule has 0 saturated heterocycles. The first-order valence-corrected chi connectivity index (χ1v) is 6.11. The van der Waals surface area contributed by atoms with Crippen molar-refractivity contribution in [2.45, 2.75) is 6.54 Å². The van der Waals surface area contributed by atoms with Crippen LogP contribution >= 0.6 is 0 Å². The summed E-state index contributed by atoms with van der Waals surface area (Å²) in [6, 6.07) is 4.11. The van der Waals surface area contributed by atoms with E-state index in [1.54, 1.807) is 0 Å². The molecule has 0 fully saturated rings. The predicted octanol–water partition coefficient (Wildman–Crippen LogP) is 1.40. The summed E-state index contributed by atoms with van der Waals surface area (Å²) in [5.74, 6) is -1.84. The van der Waals surface area contributed by atoms with E-state index in [0.717, 1.165) is 0 Å². The quantitative estimate of drug-likeness (QED) is 0.918. The average Bonchev–Trinajstić information content (AvgIpc) is 2.38. The molecule has 0 aliphatic rings. The van der Waals surface area contributed by atoms with Crippen molar-refractivity contribution >= 4 is 16.9 Å². The van der Waals surface area contributed by atoms with Crippen LogP contribution < -0.4 is 5.43 Å². The Hall–Kier alpha value is -2.21. The number of halogens is 1. The van der Waals surface area contributed by atoms with Crippen molar-refractivity contribution < 1.29 is 14.3 Å². The zero-order valence-corrected chi connectivity index (χ0v) is 11.3. The largest absolute Gasteiger partial charge is 0.477 e. The van der Waals surface area contributed by atoms with Gasteiger partial charge in [0, 0.05) is 24.7 Å². The lowest BCUT2D eigenvalue weighted by molar-refractivity contribution is 0.0694. The third-order valence-corrected chi connectivity index (χ3v) is 3.07. The van der Waals surface area contributed by atoms with E-state index in [9.17, 15) is 14.0 Å². The number of likely N-dealkylation sites (N-methyl/N-ethyl adjacent to an activating group) is 1. The zero-order chi connectivity index (χ0) is 14.9. The summed E-state index contributed by atoms with van der Waals surface area (Å²) in [5, 5.41) is 9.17. The zero-order valence-electron chi connectivity index (χ0n) is 11.3. The summed E-state index contributed by atoms with van der Waals surface area (Å²) in [6.07, 6.45) is 1.21. The molecule has 2 rings (SSSR count). The van der Waals surface area contributed by atoms with Crippen LogP contribution in [0, 0.1) is 5.82 Å². The van der Waals surface area contributed by atoms with Crippen LogP contribution in [-0.2, 0) is 6.54 Å². The molecule has 5 nitrogen and oxygen atoms in total. The van der Waals surface area contributed by atoms with E-state index in [0.29, 0.717) is 13.1 Å². The van der Waals surface area contributed by atoms with Gasteiger partial charge >= 0.3 is 5.97 Å². The maximum atomic E-state index is 14.0. The number of aromatic nitrogens is 1. The smallest absolute Gasteiger partial charge is 0.341 e. The fourth-order valence-corrected chi connectivity index (χ4v) is 2.05. The summed E-state index contributed by atoms with van der Waals surface area (Å²) in [4.78, 5) is 25.1. The number of benzene rings is 1. The first-order chi connectivity index (χ1) is 9.41. The molecule has 1 aromatic carbocycles. The Bertz CT molecular complexity index is 722. The summed E-state index contributed by atoms with van der Waals surface area (Å²) >= 11 is 0. The monoisotopic (exact) mass is 278 g/mol. The van der Waals surface area contributed by atoms with Gasteiger partial charge in [0.2, 0.25) is 5.43 Å². The molecular weight excluding hydrogens is 263 g/mol. The van der Waals surface area contributed by atoms with Gasteiger partial charge in [-0.25, -0.2) is 9.18 Å². The first kappa shape index (κ1) is 14.2. The van der Waals surface area contributed by atoms with Crippen molar-refractivity contribution in [3.63, 3.8) is 0 Å². The van der Waals surface area contributed by atoms with Crippen molar-refractivity contribution in [1.82, 2.24) is 9.47 Å². The molecule has 1 heterocycles. The maximum absolute atomic E-state index is 14.0. The maximum Gasteiger partial charge on any atom is 0.341 e. The number of carboxylic acid groups (broad SMARTS) is 1. The number of hydrogen-bond donors (Lipinski definition) is 1. The van der Waals surface area contributed by atoms with Crippen LogP contribution in [0.4, 0.5) is 4.39 Å². The van der Waals surface area contributed by atoms with E-state index >= 15 is 0 Å². The van der Waals surface area contributed by atoms with Crippen LogP contribution in [0.1, 0.15) is 10.4 Å². The molecule has 0 amide bonds. The van der Waals surface area contributed by atoms with Crippen molar-refractivity contribution in [1.29, 1.82) is 0 Å². The summed E-state index contributed by atoms with van der Waals surface area (Å²) in [5.41, 5.74) is -0.862. The van der Waals surface area contributed by atoms with Crippen LogP contribution in [0.5, 0.6) is 0 Å². The highest BCUT2D eigenvalue weighted by Crippen LogP contribution is 2.16. The lowest BCUT2D eigenvalue weighted by atomic mass is 10.1. The van der Waals surface area contributed by atoms with Gasteiger partial charge in [0.05, 0.1) is 5.52 Å². The molecule has 0 aliphatic heterocycles. The third-order valence-electron chi connectivity index (χ3n) is 3.07. The highest BCUT2D eigenvalue weighted by Gasteiger charge is 2.16. The number of carbonyl (C=O) groups is 1. The Morgan fingerprint density at radius 2 is 2.10 bits per heavy atom. The van der Waals surface area contributed by atoms with Gasteiger partial charge in [0.25, 0.3) is 0 Å². The van der Waals surface area contributed by atoms with Gasteiger partial charge in [0.15, 0.2) is 0 Å². The van der Waals surface area contributed by atoms with Crippen molar-refractivity contribution in [2.24, 2.45) is 0 Å². The van der Waals surface area contributed by atoms with Gasteiger partial charge in [-0.3, -0.25) is 4.79 Å². The van der Waals surface area contributed by atoms with Gasteiger partial charge in [-0.1, -0.05) is 6.07 Å². The molecule has 0 spiro atoms. The molecule has 0 radical (unpaired) electrons. The normalized spacial score (nSPS) is 11.2. The van der Waals surface area contributed by atoms with Crippen LogP contribution in [0.25, 0.3) is 10.9 Å². The summed E-state index contributed by atoms with van der Waals surface area (Å²) < 4.78 is 15.4. The second-order valence-corrected chi connectivity index (χ2v) is 4.81. The minimum Gasteiger partial charge on any atom is -0.477 e. The van der Waals surface area contributed by atoms with Crippen LogP contribution in [-0.4, -0.2) is 41.2 Å². The standard InChI is InChI=1S/C14H15FN2O3/c1-16(2)6-7-17-8-10(14(19)20)13(18)9-4-3-5-11(15)12(9)17/h3-5,8H,6-7H2,1-2H3,(H,19,20). The van der Waals surface area contributed by atoms with Crippen LogP contribution in [0.3, 0.4) is 0 Å². The van der Waals surface area contributed by atoms with E-state index in [1.807, 2.05) is 19.0 Å². The van der Waals surface area contributed by atoms with Gasteiger partial charge < -0.3 is 14.6 Å². The van der Waals surface area contributed by atoms with E-state index in [2.05, 4.69) is 0 Å². The lowest BCUT2D eigenvalue weighted by Crippen LogP contribution is -2.23. The second-order valence-electron chi connectivity index (χ2n) is 4.81. The number of para-hydroxylation sites is 1. The molecule has 0 atom stereocenters. The fraction of sp³-hybridized carbons (Fsp3) is 0.286. The number of hydrogen-bond acceptors (Lipinski definition) is 3. The van der Waals surface area contributed by atoms with Gasteiger partial charge in [-0.2, -0.15) is 0 Å². The highest BCUT2D eigenvalue weighted by molar-refractivity contribution is 5.92. The van der Waals surface area contributed by atoms with Crippen LogP contribution in [0.15, 0.2) is 29.2 Å². The Balaban J connectivity index is 2.73. The van der Waals surface area contributed by atoms with E-state index in [-0.39, 0.29) is 16.5 Å². The molecule has 1 N–H and O–H groups in total. The lowest BCUT2D eigenvalue weighted by Gasteiger charge is -2.15. The topological polar surface area (TPSA) is 62.5 Å². The predicted molar refractivity (Wildman–Crippen MR) is 73.7 cm³/mol. The molecule has 1 aromatic heterocycles. The SMILES string of the molecule is CN(C)CCn1cc(C(=O)O)c(=O)c2cccc(F)c21. The summed E-state index contributed by atoms with van der Waals surface area (Å²) in [6.45, 7) is 0.996. The van der Waals surface area contributed by atoms with E-state index in [4.69, 9.17) is 5.11 Å². The van der Waals surface area contributed by atoms with Crippen molar-refractivity contribution in [2.75, 3.05) is 20.6 Å². The molecule has 2 aromatic rings. The van der Waals surface area contributed by atoms with Gasteiger partial charge in [-0.15, -0.1) is 0 Å². The molecular formula is C14H15FN2O3. The number of nitrogens with zero attached hydrogens (tertiary/aromatic N) is 2. The van der Waals surface area contributed by atoms with E-state index < -0.39 is 17.2 Å². The van der Waals surface area contributed by atoms with E-state index in [1.165, 1.54) is 29.0 Å². The minimum atomic E-state index is -1.31. The Kier molecular flexibility index (Phi) is 3.85. The Morgan fingerprint density at radius 3 is 2.70 bits per heavy atom. The fourth-order valence-electron chi connectivity index (χ4n) is 2.05. The average molecular weight is 278 g/mol. The molecule has 106 valence electrons. The number of fused-ring (bicyclic) bond motifs is 1. The Morgan fingerprint density at radius 1 is 1.40 bits per heavy atom. The van der Waals surface area contributed by atoms with Gasteiger partial charge in [-0.05, 0) is 26.2 Å². The first-order valence-electron chi connectivity index (χ1n) is 6.11. The molecule has 0 saturated carbocycles. The van der Waals surface area contributed by atoms with Crippen molar-refractivity contribution in [3.8, 4) is 0 Å². The second kappa shape index (κ2) is 5.42. The minimum absolute atomic E-state index is 0.0867.